The molecule has 2 N–H and O–H groups in total. The lowest BCUT2D eigenvalue weighted by molar-refractivity contribution is 0.0519. The molecule has 33 heavy (non-hydrogen) atoms. The van der Waals surface area contributed by atoms with Gasteiger partial charge >= 0.3 is 6.03 Å². The number of urea groups is 1. The highest BCUT2D eigenvalue weighted by Crippen LogP contribution is 2.40. The number of rotatable bonds is 4. The molecule has 5 rings (SSSR count). The monoisotopic (exact) mass is 451 g/mol. The van der Waals surface area contributed by atoms with Gasteiger partial charge in [0.15, 0.2) is 0 Å². The maximum absolute atomic E-state index is 12.9. The number of methoxy groups -OCH3 is 1. The largest absolute Gasteiger partial charge is 0.495 e. The van der Waals surface area contributed by atoms with Crippen LogP contribution in [-0.2, 0) is 6.54 Å². The van der Waals surface area contributed by atoms with Gasteiger partial charge in [-0.25, -0.2) is 4.79 Å². The van der Waals surface area contributed by atoms with Gasteiger partial charge in [-0.2, -0.15) is 0 Å². The highest BCUT2D eigenvalue weighted by atomic mass is 16.5. The molecule has 0 spiro atoms. The number of benzene rings is 1. The summed E-state index contributed by atoms with van der Waals surface area (Å²) in [7, 11) is 3.77. The average Bonchev–Trinajstić information content (AvgIpc) is 2.81. The quantitative estimate of drug-likeness (QED) is 0.747. The van der Waals surface area contributed by atoms with Crippen LogP contribution >= 0.6 is 0 Å². The van der Waals surface area contributed by atoms with Crippen molar-refractivity contribution in [2.45, 2.75) is 37.8 Å². The Morgan fingerprint density at radius 1 is 1.00 bits per heavy atom. The number of hydrogen-bond acceptors (Lipinski definition) is 5. The van der Waals surface area contributed by atoms with E-state index in [1.165, 1.54) is 12.8 Å². The van der Waals surface area contributed by atoms with Gasteiger partial charge in [0.05, 0.1) is 18.5 Å². The average molecular weight is 452 g/mol. The van der Waals surface area contributed by atoms with Crippen LogP contribution in [0, 0.1) is 5.92 Å². The summed E-state index contributed by atoms with van der Waals surface area (Å²) in [5.74, 6) is 1.32. The zero-order chi connectivity index (χ0) is 22.9. The molecule has 176 valence electrons. The third-order valence-corrected chi connectivity index (χ3v) is 7.43. The number of likely N-dealkylation sites (tertiary alicyclic amines) is 2. The van der Waals surface area contributed by atoms with Gasteiger partial charge in [0.25, 0.3) is 5.56 Å². The molecule has 0 saturated carbocycles. The van der Waals surface area contributed by atoms with Crippen LogP contribution in [0.2, 0.25) is 0 Å². The van der Waals surface area contributed by atoms with E-state index in [2.05, 4.69) is 27.5 Å². The minimum Gasteiger partial charge on any atom is -0.495 e. The number of anilines is 2. The van der Waals surface area contributed by atoms with Crippen molar-refractivity contribution >= 4 is 17.4 Å². The second kappa shape index (κ2) is 9.19. The van der Waals surface area contributed by atoms with Crippen molar-refractivity contribution in [2.24, 2.45) is 5.92 Å². The number of ether oxygens (including phenoxy) is 1. The third kappa shape index (κ3) is 4.50. The summed E-state index contributed by atoms with van der Waals surface area (Å²) in [5.41, 5.74) is 2.30. The number of para-hydroxylation sites is 2. The summed E-state index contributed by atoms with van der Waals surface area (Å²) in [6.45, 7) is 5.00. The second-order valence-corrected chi connectivity index (χ2v) is 9.65. The first-order chi connectivity index (χ1) is 16.0. The molecular weight excluding hydrogens is 418 g/mol. The Kier molecular flexibility index (Phi) is 6.12. The van der Waals surface area contributed by atoms with Crippen LogP contribution in [-0.4, -0.2) is 66.8 Å². The topological polar surface area (TPSA) is 78.8 Å². The molecule has 0 unspecified atom stereocenters. The molecule has 3 aliphatic rings. The molecule has 4 heterocycles. The van der Waals surface area contributed by atoms with Gasteiger partial charge in [0, 0.05) is 43.4 Å². The van der Waals surface area contributed by atoms with E-state index in [9.17, 15) is 9.59 Å². The molecule has 2 bridgehead atoms. The molecule has 8 heteroatoms. The number of aromatic nitrogens is 1. The van der Waals surface area contributed by atoms with Crippen LogP contribution in [0.5, 0.6) is 5.75 Å². The van der Waals surface area contributed by atoms with Gasteiger partial charge < -0.3 is 24.8 Å². The Morgan fingerprint density at radius 2 is 1.76 bits per heavy atom. The smallest absolute Gasteiger partial charge is 0.323 e. The molecular formula is C25H33N5O3. The summed E-state index contributed by atoms with van der Waals surface area (Å²) in [6, 6.07) is 10.9. The normalized spacial score (nSPS) is 23.6. The second-order valence-electron chi connectivity index (χ2n) is 9.65. The van der Waals surface area contributed by atoms with Crippen LogP contribution < -0.4 is 20.9 Å². The van der Waals surface area contributed by atoms with Gasteiger partial charge in [-0.05, 0) is 63.5 Å². The standard InChI is InChI=1S/C25H33N5O3/c1-28-11-9-19(10-12-28)29-14-17-13-18(16-29)24-21(7-8-23(31)30(24)15-17)27-25(32)26-20-5-3-4-6-22(20)33-2/h3-8,17-19H,9-16H2,1-2H3,(H2,26,27,32)/t17-,18-/m1/s1. The van der Waals surface area contributed by atoms with Crippen LogP contribution in [0.1, 0.15) is 30.9 Å². The van der Waals surface area contributed by atoms with Crippen molar-refractivity contribution in [3.63, 3.8) is 0 Å². The number of carbonyl (C=O) groups excluding carboxylic acids is 1. The number of nitrogens with one attached hydrogen (secondary N) is 2. The van der Waals surface area contributed by atoms with Gasteiger partial charge in [-0.1, -0.05) is 12.1 Å². The van der Waals surface area contributed by atoms with Gasteiger partial charge in [-0.15, -0.1) is 0 Å². The molecule has 2 aromatic rings. The van der Waals surface area contributed by atoms with Crippen LogP contribution in [0.15, 0.2) is 41.2 Å². The first-order valence-electron chi connectivity index (χ1n) is 11.9. The van der Waals surface area contributed by atoms with Crippen LogP contribution in [0.25, 0.3) is 0 Å². The van der Waals surface area contributed by atoms with Crippen molar-refractivity contribution in [1.82, 2.24) is 14.4 Å². The zero-order valence-electron chi connectivity index (χ0n) is 19.4. The lowest BCUT2D eigenvalue weighted by Crippen LogP contribution is -2.53. The van der Waals surface area contributed by atoms with Gasteiger partial charge in [0.2, 0.25) is 0 Å². The zero-order valence-corrected chi connectivity index (χ0v) is 19.4. The number of nitrogens with zero attached hydrogens (tertiary/aromatic N) is 3. The minimum absolute atomic E-state index is 0.0168. The van der Waals surface area contributed by atoms with E-state index >= 15 is 0 Å². The van der Waals surface area contributed by atoms with Crippen molar-refractivity contribution in [1.29, 1.82) is 0 Å². The molecule has 1 aromatic heterocycles. The van der Waals surface area contributed by atoms with Crippen molar-refractivity contribution in [3.8, 4) is 5.75 Å². The van der Waals surface area contributed by atoms with E-state index in [-0.39, 0.29) is 17.5 Å². The summed E-state index contributed by atoms with van der Waals surface area (Å²) in [6.07, 6.45) is 3.46. The SMILES string of the molecule is COc1ccccc1NC(=O)Nc1ccc(=O)n2c1[C@@H]1C[C@H](CN(C3CCN(C)CC3)C1)C2. The number of pyridine rings is 1. The molecule has 2 amide bonds. The minimum atomic E-state index is -0.342. The Morgan fingerprint density at radius 3 is 2.55 bits per heavy atom. The Bertz CT molecular complexity index is 1080. The number of hydrogen-bond donors (Lipinski definition) is 2. The van der Waals surface area contributed by atoms with Crippen LogP contribution in [0.3, 0.4) is 0 Å². The predicted molar refractivity (Wildman–Crippen MR) is 129 cm³/mol. The van der Waals surface area contributed by atoms with E-state index in [0.717, 1.165) is 50.5 Å². The number of fused-ring (bicyclic) bond motifs is 4. The Balaban J connectivity index is 1.37. The fourth-order valence-electron chi connectivity index (χ4n) is 5.84. The third-order valence-electron chi connectivity index (χ3n) is 7.43. The number of piperidine rings is 2. The van der Waals surface area contributed by atoms with Gasteiger partial charge in [0.1, 0.15) is 5.75 Å². The molecule has 2 saturated heterocycles. The lowest BCUT2D eigenvalue weighted by atomic mass is 9.81. The van der Waals surface area contributed by atoms with E-state index in [1.807, 2.05) is 16.7 Å². The predicted octanol–water partition coefficient (Wildman–Crippen LogP) is 3.01. The Labute approximate surface area is 194 Å². The fourth-order valence-corrected chi connectivity index (χ4v) is 5.84. The van der Waals surface area contributed by atoms with E-state index < -0.39 is 0 Å². The van der Waals surface area contributed by atoms with E-state index in [0.29, 0.717) is 23.4 Å². The highest BCUT2D eigenvalue weighted by Gasteiger charge is 2.39. The van der Waals surface area contributed by atoms with Crippen molar-refractivity contribution < 1.29 is 9.53 Å². The van der Waals surface area contributed by atoms with E-state index in [4.69, 9.17) is 4.74 Å². The van der Waals surface area contributed by atoms with E-state index in [1.54, 1.807) is 31.4 Å². The van der Waals surface area contributed by atoms with Crippen molar-refractivity contribution in [3.05, 3.63) is 52.4 Å². The summed E-state index contributed by atoms with van der Waals surface area (Å²) >= 11 is 0. The summed E-state index contributed by atoms with van der Waals surface area (Å²) in [4.78, 5) is 30.6. The Hall–Kier alpha value is -2.84. The van der Waals surface area contributed by atoms with Crippen molar-refractivity contribution in [2.75, 3.05) is 51.0 Å². The number of carbonyl (C=O) groups is 1. The first-order valence-corrected chi connectivity index (χ1v) is 11.9. The van der Waals surface area contributed by atoms with Crippen LogP contribution in [0.4, 0.5) is 16.2 Å². The molecule has 2 atom stereocenters. The number of amides is 2. The maximum Gasteiger partial charge on any atom is 0.323 e. The van der Waals surface area contributed by atoms with Gasteiger partial charge in [-0.3, -0.25) is 9.69 Å². The molecule has 0 aliphatic carbocycles. The molecule has 3 aliphatic heterocycles. The fraction of sp³-hybridized carbons (Fsp3) is 0.520. The summed E-state index contributed by atoms with van der Waals surface area (Å²) in [5, 5.41) is 5.88. The highest BCUT2D eigenvalue weighted by molar-refractivity contribution is 6.01. The summed E-state index contributed by atoms with van der Waals surface area (Å²) < 4.78 is 7.23. The lowest BCUT2D eigenvalue weighted by Gasteiger charge is -2.47. The first kappa shape index (κ1) is 22.0. The maximum atomic E-state index is 12.9. The molecule has 8 nitrogen and oxygen atoms in total. The molecule has 1 aromatic carbocycles. The molecule has 2 fully saturated rings. The molecule has 0 radical (unpaired) electrons.